The Kier molecular flexibility index (Phi) is 6.43. The zero-order valence-corrected chi connectivity index (χ0v) is 16.3. The zero-order valence-electron chi connectivity index (χ0n) is 16.3. The van der Waals surface area contributed by atoms with E-state index < -0.39 is 0 Å². The van der Waals surface area contributed by atoms with E-state index in [-0.39, 0.29) is 17.7 Å². The second-order valence-electron chi connectivity index (χ2n) is 6.86. The first-order valence-electron chi connectivity index (χ1n) is 9.53. The molecule has 1 unspecified atom stereocenters. The largest absolute Gasteiger partial charge is 0.497 e. The third-order valence-electron chi connectivity index (χ3n) is 4.89. The Hall–Kier alpha value is -3.14. The molecule has 3 rings (SSSR count). The first-order chi connectivity index (χ1) is 13.6. The van der Waals surface area contributed by atoms with Crippen LogP contribution in [-0.2, 0) is 4.79 Å². The standard InChI is InChI=1S/C24H25NO3/c1-17(21-10-5-8-18-7-3-4-9-22(18)21)25-24(27)12-6-11-23(26)19-13-15-20(28-2)16-14-19/h3-5,7-10,13-17H,6,11-12H2,1-2H3,(H,25,27). The number of carbonyl (C=O) groups is 2. The van der Waals surface area contributed by atoms with Crippen molar-refractivity contribution >= 4 is 22.5 Å². The van der Waals surface area contributed by atoms with Crippen molar-refractivity contribution < 1.29 is 14.3 Å². The van der Waals surface area contributed by atoms with Crippen molar-refractivity contribution in [2.45, 2.75) is 32.2 Å². The maximum atomic E-state index is 12.3. The summed E-state index contributed by atoms with van der Waals surface area (Å²) in [5.41, 5.74) is 1.74. The van der Waals surface area contributed by atoms with Gasteiger partial charge in [-0.3, -0.25) is 9.59 Å². The summed E-state index contributed by atoms with van der Waals surface area (Å²) in [7, 11) is 1.59. The van der Waals surface area contributed by atoms with Gasteiger partial charge in [-0.2, -0.15) is 0 Å². The van der Waals surface area contributed by atoms with Crippen molar-refractivity contribution in [1.29, 1.82) is 0 Å². The Bertz CT molecular complexity index is 958. The van der Waals surface area contributed by atoms with Gasteiger partial charge in [0.2, 0.25) is 5.91 Å². The van der Waals surface area contributed by atoms with Crippen molar-refractivity contribution in [2.75, 3.05) is 7.11 Å². The molecule has 1 amide bonds. The molecule has 0 fully saturated rings. The van der Waals surface area contributed by atoms with E-state index >= 15 is 0 Å². The van der Waals surface area contributed by atoms with E-state index in [1.54, 1.807) is 31.4 Å². The van der Waals surface area contributed by atoms with Gasteiger partial charge in [0.25, 0.3) is 0 Å². The molecule has 0 aliphatic carbocycles. The quantitative estimate of drug-likeness (QED) is 0.559. The summed E-state index contributed by atoms with van der Waals surface area (Å²) in [4.78, 5) is 24.6. The van der Waals surface area contributed by atoms with Crippen LogP contribution in [0.25, 0.3) is 10.8 Å². The van der Waals surface area contributed by atoms with Gasteiger partial charge in [-0.25, -0.2) is 0 Å². The predicted octanol–water partition coefficient (Wildman–Crippen LogP) is 5.08. The number of rotatable bonds is 8. The van der Waals surface area contributed by atoms with Gasteiger partial charge in [-0.15, -0.1) is 0 Å². The second kappa shape index (κ2) is 9.18. The fourth-order valence-corrected chi connectivity index (χ4v) is 3.35. The number of hydrogen-bond acceptors (Lipinski definition) is 3. The highest BCUT2D eigenvalue weighted by molar-refractivity contribution is 5.96. The predicted molar refractivity (Wildman–Crippen MR) is 112 cm³/mol. The van der Waals surface area contributed by atoms with E-state index in [0.29, 0.717) is 24.8 Å². The molecule has 1 atom stereocenters. The molecule has 4 nitrogen and oxygen atoms in total. The molecule has 3 aromatic carbocycles. The van der Waals surface area contributed by atoms with E-state index in [2.05, 4.69) is 23.5 Å². The number of benzene rings is 3. The molecule has 0 saturated carbocycles. The van der Waals surface area contributed by atoms with Crippen LogP contribution in [0.15, 0.2) is 66.7 Å². The lowest BCUT2D eigenvalue weighted by molar-refractivity contribution is -0.121. The molecule has 28 heavy (non-hydrogen) atoms. The van der Waals surface area contributed by atoms with Crippen LogP contribution in [0.5, 0.6) is 5.75 Å². The number of methoxy groups -OCH3 is 1. The van der Waals surface area contributed by atoms with Crippen molar-refractivity contribution in [3.63, 3.8) is 0 Å². The first kappa shape index (κ1) is 19.6. The number of ether oxygens (including phenoxy) is 1. The fraction of sp³-hybridized carbons (Fsp3) is 0.250. The summed E-state index contributed by atoms with van der Waals surface area (Å²) >= 11 is 0. The average molecular weight is 375 g/mol. The normalized spacial score (nSPS) is 11.8. The van der Waals surface area contributed by atoms with E-state index in [9.17, 15) is 9.59 Å². The first-order valence-corrected chi connectivity index (χ1v) is 9.53. The Balaban J connectivity index is 1.51. The monoisotopic (exact) mass is 375 g/mol. The Morgan fingerprint density at radius 2 is 1.64 bits per heavy atom. The maximum absolute atomic E-state index is 12.3. The Morgan fingerprint density at radius 1 is 0.929 bits per heavy atom. The Morgan fingerprint density at radius 3 is 2.39 bits per heavy atom. The number of amides is 1. The van der Waals surface area contributed by atoms with Crippen LogP contribution in [0.1, 0.15) is 48.1 Å². The van der Waals surface area contributed by atoms with Crippen LogP contribution >= 0.6 is 0 Å². The maximum Gasteiger partial charge on any atom is 0.220 e. The Labute approximate surface area is 165 Å². The number of nitrogens with one attached hydrogen (secondary N) is 1. The van der Waals surface area contributed by atoms with Gasteiger partial charge in [-0.1, -0.05) is 42.5 Å². The van der Waals surface area contributed by atoms with Crippen molar-refractivity contribution in [3.8, 4) is 5.75 Å². The lowest BCUT2D eigenvalue weighted by Gasteiger charge is -2.16. The highest BCUT2D eigenvalue weighted by Gasteiger charge is 2.13. The zero-order chi connectivity index (χ0) is 19.9. The SMILES string of the molecule is COc1ccc(C(=O)CCCC(=O)NC(C)c2cccc3ccccc23)cc1. The number of carbonyl (C=O) groups excluding carboxylic acids is 2. The van der Waals surface area contributed by atoms with Gasteiger partial charge >= 0.3 is 0 Å². The summed E-state index contributed by atoms with van der Waals surface area (Å²) in [6.45, 7) is 1.99. The van der Waals surface area contributed by atoms with Crippen LogP contribution in [0.4, 0.5) is 0 Å². The van der Waals surface area contributed by atoms with Gasteiger partial charge in [-0.05, 0) is 53.9 Å². The molecule has 0 heterocycles. The highest BCUT2D eigenvalue weighted by atomic mass is 16.5. The second-order valence-corrected chi connectivity index (χ2v) is 6.86. The van der Waals surface area contributed by atoms with Crippen LogP contribution in [0.2, 0.25) is 0 Å². The highest BCUT2D eigenvalue weighted by Crippen LogP contribution is 2.24. The molecule has 0 spiro atoms. The number of ketones is 1. The van der Waals surface area contributed by atoms with Crippen molar-refractivity contribution in [2.24, 2.45) is 0 Å². The van der Waals surface area contributed by atoms with Gasteiger partial charge in [0.1, 0.15) is 5.75 Å². The molecule has 4 heteroatoms. The molecule has 0 saturated heterocycles. The summed E-state index contributed by atoms with van der Waals surface area (Å²) < 4.78 is 5.10. The van der Waals surface area contributed by atoms with E-state index in [0.717, 1.165) is 22.1 Å². The smallest absolute Gasteiger partial charge is 0.220 e. The number of fused-ring (bicyclic) bond motifs is 1. The fourth-order valence-electron chi connectivity index (χ4n) is 3.35. The molecule has 144 valence electrons. The molecule has 0 radical (unpaired) electrons. The van der Waals surface area contributed by atoms with E-state index in [1.807, 2.05) is 31.2 Å². The molecular weight excluding hydrogens is 350 g/mol. The minimum atomic E-state index is -0.0871. The molecule has 0 bridgehead atoms. The molecular formula is C24H25NO3. The average Bonchev–Trinajstić information content (AvgIpc) is 2.73. The third-order valence-corrected chi connectivity index (χ3v) is 4.89. The number of hydrogen-bond donors (Lipinski definition) is 1. The molecule has 0 aliphatic heterocycles. The minimum absolute atomic E-state index is 0.0389. The van der Waals surface area contributed by atoms with Crippen LogP contribution in [0, 0.1) is 0 Å². The molecule has 0 aliphatic rings. The van der Waals surface area contributed by atoms with E-state index in [1.165, 1.54) is 0 Å². The number of Topliss-reactive ketones (excluding diaryl/α,β-unsaturated/α-hetero) is 1. The van der Waals surface area contributed by atoms with Crippen LogP contribution < -0.4 is 10.1 Å². The topological polar surface area (TPSA) is 55.4 Å². The molecule has 3 aromatic rings. The van der Waals surface area contributed by atoms with E-state index in [4.69, 9.17) is 4.74 Å². The van der Waals surface area contributed by atoms with Gasteiger partial charge < -0.3 is 10.1 Å². The lowest BCUT2D eigenvalue weighted by Crippen LogP contribution is -2.26. The van der Waals surface area contributed by atoms with Gasteiger partial charge in [0, 0.05) is 18.4 Å². The minimum Gasteiger partial charge on any atom is -0.497 e. The summed E-state index contributed by atoms with van der Waals surface area (Å²) in [5, 5.41) is 5.35. The van der Waals surface area contributed by atoms with Crippen LogP contribution in [-0.4, -0.2) is 18.8 Å². The van der Waals surface area contributed by atoms with Crippen LogP contribution in [0.3, 0.4) is 0 Å². The lowest BCUT2D eigenvalue weighted by atomic mass is 9.99. The third kappa shape index (κ3) is 4.77. The van der Waals surface area contributed by atoms with Crippen molar-refractivity contribution in [3.05, 3.63) is 77.9 Å². The summed E-state index contributed by atoms with van der Waals surface area (Å²) in [6, 6.07) is 21.2. The van der Waals surface area contributed by atoms with Crippen molar-refractivity contribution in [1.82, 2.24) is 5.32 Å². The summed E-state index contributed by atoms with van der Waals surface area (Å²) in [5.74, 6) is 0.721. The molecule has 0 aromatic heterocycles. The van der Waals surface area contributed by atoms with Gasteiger partial charge in [0.05, 0.1) is 13.2 Å². The summed E-state index contributed by atoms with van der Waals surface area (Å²) in [6.07, 6.45) is 1.21. The van der Waals surface area contributed by atoms with Gasteiger partial charge in [0.15, 0.2) is 5.78 Å². The molecule has 1 N–H and O–H groups in total.